The van der Waals surface area contributed by atoms with Crippen LogP contribution in [0.15, 0.2) is 29.2 Å². The third kappa shape index (κ3) is 4.93. The molecule has 1 saturated carbocycles. The average Bonchev–Trinajstić information content (AvgIpc) is 2.66. The van der Waals surface area contributed by atoms with Gasteiger partial charge >= 0.3 is 0 Å². The van der Waals surface area contributed by atoms with E-state index in [9.17, 15) is 13.2 Å². The van der Waals surface area contributed by atoms with Crippen molar-refractivity contribution in [1.29, 1.82) is 0 Å². The quantitative estimate of drug-likeness (QED) is 0.813. The summed E-state index contributed by atoms with van der Waals surface area (Å²) in [5.41, 5.74) is 1.04. The summed E-state index contributed by atoms with van der Waals surface area (Å²) in [4.78, 5) is 14.9. The molecule has 1 aliphatic heterocycles. The number of amides is 1. The zero-order valence-corrected chi connectivity index (χ0v) is 18.0. The van der Waals surface area contributed by atoms with Crippen LogP contribution in [0.4, 0.5) is 0 Å². The van der Waals surface area contributed by atoms with Crippen molar-refractivity contribution in [2.75, 3.05) is 32.7 Å². The summed E-state index contributed by atoms with van der Waals surface area (Å²) in [6.45, 7) is 8.76. The fraction of sp³-hybridized carbons (Fsp3) is 0.667. The summed E-state index contributed by atoms with van der Waals surface area (Å²) in [7, 11) is -3.46. The van der Waals surface area contributed by atoms with Crippen LogP contribution >= 0.6 is 0 Å². The van der Waals surface area contributed by atoms with E-state index in [-0.39, 0.29) is 11.9 Å². The van der Waals surface area contributed by atoms with Crippen molar-refractivity contribution >= 4 is 15.9 Å². The van der Waals surface area contributed by atoms with Gasteiger partial charge in [-0.2, -0.15) is 4.31 Å². The molecule has 3 atom stereocenters. The normalized spacial score (nSPS) is 27.5. The van der Waals surface area contributed by atoms with Gasteiger partial charge in [-0.15, -0.1) is 0 Å². The number of aryl methyl sites for hydroxylation is 1. The summed E-state index contributed by atoms with van der Waals surface area (Å²) in [6, 6.07) is 7.23. The van der Waals surface area contributed by atoms with Crippen molar-refractivity contribution in [1.82, 2.24) is 14.5 Å². The number of nitrogens with zero attached hydrogens (tertiary/aromatic N) is 2. The van der Waals surface area contributed by atoms with Crippen LogP contribution in [0.1, 0.15) is 38.7 Å². The van der Waals surface area contributed by atoms with Crippen molar-refractivity contribution in [3.8, 4) is 0 Å². The number of carbonyl (C=O) groups is 1. The van der Waals surface area contributed by atoms with Crippen molar-refractivity contribution in [2.24, 2.45) is 11.8 Å². The maximum absolute atomic E-state index is 12.8. The number of carbonyl (C=O) groups excluding carboxylic acids is 1. The van der Waals surface area contributed by atoms with Gasteiger partial charge in [-0.1, -0.05) is 44.4 Å². The summed E-state index contributed by atoms with van der Waals surface area (Å²) in [6.07, 6.45) is 3.47. The second-order valence-electron chi connectivity index (χ2n) is 8.43. The van der Waals surface area contributed by atoms with Crippen LogP contribution in [0.5, 0.6) is 0 Å². The van der Waals surface area contributed by atoms with Crippen LogP contribution < -0.4 is 5.32 Å². The highest BCUT2D eigenvalue weighted by Crippen LogP contribution is 2.29. The maximum atomic E-state index is 12.8. The fourth-order valence-electron chi connectivity index (χ4n) is 4.23. The molecule has 1 aromatic carbocycles. The molecule has 156 valence electrons. The summed E-state index contributed by atoms with van der Waals surface area (Å²) in [5, 5.41) is 3.21. The molecule has 2 fully saturated rings. The topological polar surface area (TPSA) is 69.7 Å². The fourth-order valence-corrected chi connectivity index (χ4v) is 5.65. The minimum atomic E-state index is -3.46. The molecule has 2 aliphatic rings. The largest absolute Gasteiger partial charge is 0.352 e. The van der Waals surface area contributed by atoms with E-state index in [1.165, 1.54) is 17.1 Å². The lowest BCUT2D eigenvalue weighted by molar-refractivity contribution is -0.124. The summed E-state index contributed by atoms with van der Waals surface area (Å²) < 4.78 is 27.1. The first-order valence-corrected chi connectivity index (χ1v) is 11.8. The number of hydrogen-bond acceptors (Lipinski definition) is 4. The molecule has 6 nitrogen and oxygen atoms in total. The zero-order valence-electron chi connectivity index (χ0n) is 17.2. The first-order valence-electron chi connectivity index (χ1n) is 10.4. The van der Waals surface area contributed by atoms with Gasteiger partial charge in [0, 0.05) is 32.2 Å². The minimum Gasteiger partial charge on any atom is -0.352 e. The maximum Gasteiger partial charge on any atom is 0.243 e. The Kier molecular flexibility index (Phi) is 6.78. The predicted molar refractivity (Wildman–Crippen MR) is 110 cm³/mol. The van der Waals surface area contributed by atoms with Gasteiger partial charge in [-0.3, -0.25) is 9.69 Å². The van der Waals surface area contributed by atoms with Crippen molar-refractivity contribution < 1.29 is 13.2 Å². The highest BCUT2D eigenvalue weighted by Gasteiger charge is 2.31. The van der Waals surface area contributed by atoms with E-state index >= 15 is 0 Å². The number of sulfonamides is 1. The minimum absolute atomic E-state index is 0.0563. The van der Waals surface area contributed by atoms with Gasteiger partial charge in [-0.25, -0.2) is 8.42 Å². The number of nitrogens with one attached hydrogen (secondary N) is 1. The molecule has 0 bridgehead atoms. The number of hydrogen-bond donors (Lipinski definition) is 1. The molecule has 1 saturated heterocycles. The van der Waals surface area contributed by atoms with Gasteiger partial charge in [0.25, 0.3) is 0 Å². The van der Waals surface area contributed by atoms with E-state index in [2.05, 4.69) is 19.2 Å². The SMILES string of the molecule is Cc1ccc(S(=O)(=O)N2CCN(CC(=O)N[C@@H]3CCC[C@@H](C)[C@@H]3C)CC2)cc1. The molecule has 28 heavy (non-hydrogen) atoms. The smallest absolute Gasteiger partial charge is 0.243 e. The van der Waals surface area contributed by atoms with Crippen molar-refractivity contribution in [2.45, 2.75) is 51.0 Å². The molecule has 7 heteroatoms. The molecule has 3 rings (SSSR count). The Hall–Kier alpha value is -1.44. The predicted octanol–water partition coefficient (Wildman–Crippen LogP) is 2.24. The van der Waals surface area contributed by atoms with Crippen LogP contribution in [0.25, 0.3) is 0 Å². The molecule has 0 unspecified atom stereocenters. The van der Waals surface area contributed by atoms with E-state index < -0.39 is 10.0 Å². The van der Waals surface area contributed by atoms with E-state index in [0.29, 0.717) is 49.5 Å². The number of benzene rings is 1. The van der Waals surface area contributed by atoms with Crippen molar-refractivity contribution in [3.63, 3.8) is 0 Å². The molecule has 1 N–H and O–H groups in total. The molecule has 0 aromatic heterocycles. The third-order valence-corrected chi connectivity index (χ3v) is 8.32. The molecule has 1 aromatic rings. The molecule has 0 spiro atoms. The van der Waals surface area contributed by atoms with Gasteiger partial charge in [-0.05, 0) is 37.3 Å². The lowest BCUT2D eigenvalue weighted by atomic mass is 9.78. The molecular formula is C21H33N3O3S. The van der Waals surface area contributed by atoms with Crippen LogP contribution in [0.2, 0.25) is 0 Å². The second-order valence-corrected chi connectivity index (χ2v) is 10.4. The van der Waals surface area contributed by atoms with Crippen molar-refractivity contribution in [3.05, 3.63) is 29.8 Å². The number of piperazine rings is 1. The van der Waals surface area contributed by atoms with E-state index in [1.807, 2.05) is 24.0 Å². The van der Waals surface area contributed by atoms with Gasteiger partial charge in [0.2, 0.25) is 15.9 Å². The molecule has 1 aliphatic carbocycles. The van der Waals surface area contributed by atoms with Gasteiger partial charge in [0.05, 0.1) is 11.4 Å². The Morgan fingerprint density at radius 1 is 1.07 bits per heavy atom. The summed E-state index contributed by atoms with van der Waals surface area (Å²) in [5.74, 6) is 1.21. The molecule has 1 amide bonds. The Labute approximate surface area is 169 Å². The highest BCUT2D eigenvalue weighted by molar-refractivity contribution is 7.89. The van der Waals surface area contributed by atoms with E-state index in [0.717, 1.165) is 12.0 Å². The van der Waals surface area contributed by atoms with E-state index in [4.69, 9.17) is 0 Å². The third-order valence-electron chi connectivity index (χ3n) is 6.41. The highest BCUT2D eigenvalue weighted by atomic mass is 32.2. The van der Waals surface area contributed by atoms with Crippen LogP contribution in [0.3, 0.4) is 0 Å². The Bertz CT molecular complexity index is 771. The summed E-state index contributed by atoms with van der Waals surface area (Å²) >= 11 is 0. The average molecular weight is 408 g/mol. The lowest BCUT2D eigenvalue weighted by Crippen LogP contribution is -2.52. The lowest BCUT2D eigenvalue weighted by Gasteiger charge is -2.36. The van der Waals surface area contributed by atoms with Gasteiger partial charge in [0.1, 0.15) is 0 Å². The standard InChI is InChI=1S/C21H33N3O3S/c1-16-7-9-19(10-8-16)28(26,27)24-13-11-23(12-14-24)15-21(25)22-20-6-4-5-17(2)18(20)3/h7-10,17-18,20H,4-6,11-15H2,1-3H3,(H,22,25)/t17-,18+,20-/m1/s1. The number of rotatable bonds is 5. The first-order chi connectivity index (χ1) is 13.3. The monoisotopic (exact) mass is 407 g/mol. The molecule has 0 radical (unpaired) electrons. The van der Waals surface area contributed by atoms with Crippen LogP contribution in [0, 0.1) is 18.8 Å². The Morgan fingerprint density at radius 2 is 1.71 bits per heavy atom. The molecular weight excluding hydrogens is 374 g/mol. The first kappa shape index (κ1) is 21.3. The molecule has 1 heterocycles. The van der Waals surface area contributed by atoms with Crippen LogP contribution in [-0.2, 0) is 14.8 Å². The second kappa shape index (κ2) is 8.93. The Balaban J connectivity index is 1.50. The van der Waals surface area contributed by atoms with Gasteiger partial charge in [0.15, 0.2) is 0 Å². The zero-order chi connectivity index (χ0) is 20.3. The van der Waals surface area contributed by atoms with Crippen LogP contribution in [-0.4, -0.2) is 62.3 Å². The Morgan fingerprint density at radius 3 is 2.36 bits per heavy atom. The van der Waals surface area contributed by atoms with Gasteiger partial charge < -0.3 is 5.32 Å². The van der Waals surface area contributed by atoms with E-state index in [1.54, 1.807) is 12.1 Å².